The summed E-state index contributed by atoms with van der Waals surface area (Å²) >= 11 is 0. The van der Waals surface area contributed by atoms with Crippen LogP contribution in [0.5, 0.6) is 0 Å². The highest BCUT2D eigenvalue weighted by Crippen LogP contribution is 2.61. The quantitative estimate of drug-likeness (QED) is 0.715. The standard InChI is InChI=1S/C27H28N2O2/c1-15(27(31)29-14-23-21-12-17-7-3-5-9-19(17)26(21)23)10-24(30)28-13-22-20-11-16-6-2-4-8-18(16)25(20)22/h2-10,20-23,25-26H,11-14H2,1H3,(H,28,30)(H,29,31)/b15-10+. The molecule has 31 heavy (non-hydrogen) atoms. The predicted molar refractivity (Wildman–Crippen MR) is 120 cm³/mol. The molecule has 6 atom stereocenters. The zero-order valence-electron chi connectivity index (χ0n) is 17.8. The highest BCUT2D eigenvalue weighted by atomic mass is 16.2. The van der Waals surface area contributed by atoms with Crippen LogP contribution in [0, 0.1) is 23.7 Å². The van der Waals surface area contributed by atoms with Crippen molar-refractivity contribution in [3.8, 4) is 0 Å². The molecule has 0 saturated heterocycles. The van der Waals surface area contributed by atoms with E-state index in [0.717, 1.165) is 12.8 Å². The highest BCUT2D eigenvalue weighted by Gasteiger charge is 2.55. The van der Waals surface area contributed by atoms with Crippen molar-refractivity contribution in [1.29, 1.82) is 0 Å². The number of hydrogen-bond acceptors (Lipinski definition) is 2. The maximum atomic E-state index is 12.5. The number of benzene rings is 2. The van der Waals surface area contributed by atoms with Gasteiger partial charge in [-0.15, -0.1) is 0 Å². The lowest BCUT2D eigenvalue weighted by atomic mass is 10.0. The van der Waals surface area contributed by atoms with Crippen molar-refractivity contribution in [2.75, 3.05) is 13.1 Å². The maximum Gasteiger partial charge on any atom is 0.247 e. The van der Waals surface area contributed by atoms with Gasteiger partial charge in [-0.1, -0.05) is 48.5 Å². The molecule has 0 aliphatic heterocycles. The summed E-state index contributed by atoms with van der Waals surface area (Å²) in [5.74, 6) is 3.34. The Morgan fingerprint density at radius 2 is 1.35 bits per heavy atom. The van der Waals surface area contributed by atoms with Gasteiger partial charge in [0.2, 0.25) is 11.8 Å². The summed E-state index contributed by atoms with van der Waals surface area (Å²) in [6, 6.07) is 17.3. The zero-order valence-corrected chi connectivity index (χ0v) is 17.8. The zero-order chi connectivity index (χ0) is 21.1. The molecule has 4 nitrogen and oxygen atoms in total. The number of fused-ring (bicyclic) bond motifs is 6. The van der Waals surface area contributed by atoms with Crippen molar-refractivity contribution in [3.63, 3.8) is 0 Å². The van der Waals surface area contributed by atoms with Gasteiger partial charge in [0.1, 0.15) is 0 Å². The van der Waals surface area contributed by atoms with Crippen LogP contribution in [-0.2, 0) is 22.4 Å². The van der Waals surface area contributed by atoms with Crippen molar-refractivity contribution in [1.82, 2.24) is 10.6 Å². The van der Waals surface area contributed by atoms with E-state index in [1.54, 1.807) is 6.92 Å². The molecule has 2 N–H and O–H groups in total. The maximum absolute atomic E-state index is 12.5. The van der Waals surface area contributed by atoms with Gasteiger partial charge in [-0.3, -0.25) is 9.59 Å². The molecule has 2 saturated carbocycles. The van der Waals surface area contributed by atoms with Crippen LogP contribution in [0.2, 0.25) is 0 Å². The molecule has 0 bridgehead atoms. The summed E-state index contributed by atoms with van der Waals surface area (Å²) in [5, 5.41) is 6.06. The van der Waals surface area contributed by atoms with Gasteiger partial charge in [-0.25, -0.2) is 0 Å². The van der Waals surface area contributed by atoms with E-state index in [1.165, 1.54) is 28.3 Å². The van der Waals surface area contributed by atoms with Crippen molar-refractivity contribution >= 4 is 11.8 Å². The third-order valence-corrected chi connectivity index (χ3v) is 8.12. The minimum absolute atomic E-state index is 0.134. The van der Waals surface area contributed by atoms with E-state index >= 15 is 0 Å². The molecule has 4 aliphatic carbocycles. The number of hydrogen-bond donors (Lipinski definition) is 2. The van der Waals surface area contributed by atoms with Crippen LogP contribution in [0.1, 0.15) is 41.0 Å². The predicted octanol–water partition coefficient (Wildman–Crippen LogP) is 3.34. The first-order chi connectivity index (χ1) is 15.1. The molecule has 6 unspecified atom stereocenters. The van der Waals surface area contributed by atoms with Crippen molar-refractivity contribution < 1.29 is 9.59 Å². The fraction of sp³-hybridized carbons (Fsp3) is 0.407. The van der Waals surface area contributed by atoms with Crippen molar-refractivity contribution in [3.05, 3.63) is 82.4 Å². The third-order valence-electron chi connectivity index (χ3n) is 8.12. The van der Waals surface area contributed by atoms with Gasteiger partial charge in [0.05, 0.1) is 0 Å². The van der Waals surface area contributed by atoms with Gasteiger partial charge >= 0.3 is 0 Å². The highest BCUT2D eigenvalue weighted by molar-refractivity contribution is 6.00. The smallest absolute Gasteiger partial charge is 0.247 e. The lowest BCUT2D eigenvalue weighted by molar-refractivity contribution is -0.119. The first kappa shape index (κ1) is 18.9. The van der Waals surface area contributed by atoms with Gasteiger partial charge in [-0.05, 0) is 77.5 Å². The van der Waals surface area contributed by atoms with Crippen molar-refractivity contribution in [2.45, 2.75) is 31.6 Å². The summed E-state index contributed by atoms with van der Waals surface area (Å²) in [7, 11) is 0. The Hall–Kier alpha value is -2.88. The van der Waals surface area contributed by atoms with E-state index in [0.29, 0.717) is 54.2 Å². The second-order valence-corrected chi connectivity index (χ2v) is 9.80. The second-order valence-electron chi connectivity index (χ2n) is 9.80. The SMILES string of the molecule is C/C(=C\C(=O)NCC1C2Cc3ccccc3C12)C(=O)NCC1C2Cc3ccccc3C12. The molecule has 0 heterocycles. The Morgan fingerprint density at radius 3 is 1.94 bits per heavy atom. The minimum atomic E-state index is -0.164. The average molecular weight is 413 g/mol. The van der Waals surface area contributed by atoms with E-state index in [2.05, 4.69) is 59.2 Å². The Morgan fingerprint density at radius 1 is 0.839 bits per heavy atom. The van der Waals surface area contributed by atoms with Crippen LogP contribution in [0.15, 0.2) is 60.2 Å². The number of carbonyl (C=O) groups is 2. The number of nitrogens with one attached hydrogen (secondary N) is 2. The Kier molecular flexibility index (Phi) is 4.31. The van der Waals surface area contributed by atoms with Gasteiger partial charge < -0.3 is 10.6 Å². The first-order valence-electron chi connectivity index (χ1n) is 11.5. The largest absolute Gasteiger partial charge is 0.352 e. The summed E-state index contributed by atoms with van der Waals surface area (Å²) in [6.07, 6.45) is 3.71. The van der Waals surface area contributed by atoms with Crippen LogP contribution in [0.25, 0.3) is 0 Å². The molecule has 0 spiro atoms. The summed E-state index contributed by atoms with van der Waals surface area (Å²) in [5.41, 5.74) is 6.34. The summed E-state index contributed by atoms with van der Waals surface area (Å²) in [4.78, 5) is 24.8. The van der Waals surface area contributed by atoms with Gasteiger partial charge in [0.15, 0.2) is 0 Å². The number of carbonyl (C=O) groups excluding carboxylic acids is 2. The Balaban J connectivity index is 0.967. The van der Waals surface area contributed by atoms with E-state index in [-0.39, 0.29) is 11.8 Å². The molecule has 158 valence electrons. The molecule has 6 rings (SSSR count). The van der Waals surface area contributed by atoms with Crippen LogP contribution >= 0.6 is 0 Å². The van der Waals surface area contributed by atoms with Crippen LogP contribution < -0.4 is 10.6 Å². The van der Waals surface area contributed by atoms with Crippen LogP contribution in [0.3, 0.4) is 0 Å². The molecule has 2 aromatic carbocycles. The topological polar surface area (TPSA) is 58.2 Å². The van der Waals surface area contributed by atoms with E-state index in [4.69, 9.17) is 0 Å². The van der Waals surface area contributed by atoms with E-state index in [9.17, 15) is 9.59 Å². The number of amides is 2. The molecule has 2 amide bonds. The summed E-state index contributed by atoms with van der Waals surface area (Å²) in [6.45, 7) is 3.11. The molecule has 4 heteroatoms. The minimum Gasteiger partial charge on any atom is -0.352 e. The lowest BCUT2D eigenvalue weighted by Crippen LogP contribution is -2.29. The van der Waals surface area contributed by atoms with E-state index < -0.39 is 0 Å². The molecule has 4 aliphatic rings. The van der Waals surface area contributed by atoms with E-state index in [1.807, 2.05) is 0 Å². The molecule has 0 radical (unpaired) electrons. The van der Waals surface area contributed by atoms with Gasteiger partial charge in [0, 0.05) is 24.7 Å². The average Bonchev–Trinajstić information content (AvgIpc) is 3.54. The van der Waals surface area contributed by atoms with Gasteiger partial charge in [0.25, 0.3) is 0 Å². The van der Waals surface area contributed by atoms with Gasteiger partial charge in [-0.2, -0.15) is 0 Å². The summed E-state index contributed by atoms with van der Waals surface area (Å²) < 4.78 is 0. The molecular weight excluding hydrogens is 384 g/mol. The molecule has 0 aromatic heterocycles. The lowest BCUT2D eigenvalue weighted by Gasteiger charge is -2.10. The number of rotatable bonds is 6. The normalized spacial score (nSPS) is 31.2. The third kappa shape index (κ3) is 3.20. The van der Waals surface area contributed by atoms with Crippen molar-refractivity contribution in [2.24, 2.45) is 23.7 Å². The molecular formula is C27H28N2O2. The molecule has 2 fully saturated rings. The monoisotopic (exact) mass is 412 g/mol. The molecule has 2 aromatic rings. The second kappa shape index (κ2) is 7.08. The Bertz CT molecular complexity index is 1100. The fourth-order valence-electron chi connectivity index (χ4n) is 6.41. The first-order valence-corrected chi connectivity index (χ1v) is 11.5. The van der Waals surface area contributed by atoms with Crippen LogP contribution in [-0.4, -0.2) is 24.9 Å². The Labute approximate surface area is 183 Å². The fourth-order valence-corrected chi connectivity index (χ4v) is 6.41. The van der Waals surface area contributed by atoms with Crippen LogP contribution in [0.4, 0.5) is 0 Å².